The van der Waals surface area contributed by atoms with Crippen molar-refractivity contribution >= 4 is 23.8 Å². The number of hydrazone groups is 1. The van der Waals surface area contributed by atoms with Crippen LogP contribution in [0.5, 0.6) is 5.75 Å². The highest BCUT2D eigenvalue weighted by Crippen LogP contribution is 2.16. The quantitative estimate of drug-likeness (QED) is 0.220. The Labute approximate surface area is 169 Å². The van der Waals surface area contributed by atoms with Crippen LogP contribution in [-0.4, -0.2) is 23.0 Å². The monoisotopic (exact) mass is 407 g/mol. The highest BCUT2D eigenvalue weighted by molar-refractivity contribution is 5.95. The summed E-state index contributed by atoms with van der Waals surface area (Å²) in [5.74, 6) is -1.31. The minimum Gasteiger partial charge on any atom is -0.423 e. The van der Waals surface area contributed by atoms with E-state index >= 15 is 0 Å². The van der Waals surface area contributed by atoms with Crippen molar-refractivity contribution < 1.29 is 23.6 Å². The van der Waals surface area contributed by atoms with Crippen molar-refractivity contribution in [1.82, 2.24) is 5.43 Å². The van der Waals surface area contributed by atoms with Crippen molar-refractivity contribution in [2.45, 2.75) is 0 Å². The number of carbonyl (C=O) groups excluding carboxylic acids is 2. The summed E-state index contributed by atoms with van der Waals surface area (Å²) in [4.78, 5) is 34.1. The predicted octanol–water partition coefficient (Wildman–Crippen LogP) is 3.72. The Morgan fingerprint density at radius 3 is 2.13 bits per heavy atom. The van der Waals surface area contributed by atoms with Crippen LogP contribution in [0, 0.1) is 15.9 Å². The van der Waals surface area contributed by atoms with Crippen molar-refractivity contribution in [3.63, 3.8) is 0 Å². The van der Waals surface area contributed by atoms with E-state index in [-0.39, 0.29) is 22.6 Å². The summed E-state index contributed by atoms with van der Waals surface area (Å²) >= 11 is 0. The van der Waals surface area contributed by atoms with E-state index in [2.05, 4.69) is 10.5 Å². The number of ether oxygens (including phenoxy) is 1. The number of hydrogen-bond acceptors (Lipinski definition) is 6. The molecule has 0 radical (unpaired) electrons. The third kappa shape index (κ3) is 5.32. The summed E-state index contributed by atoms with van der Waals surface area (Å²) < 4.78 is 18.1. The summed E-state index contributed by atoms with van der Waals surface area (Å²) in [6.45, 7) is 0. The van der Waals surface area contributed by atoms with Gasteiger partial charge in [-0.3, -0.25) is 14.9 Å². The molecule has 150 valence electrons. The number of esters is 1. The van der Waals surface area contributed by atoms with Gasteiger partial charge in [-0.05, 0) is 66.2 Å². The van der Waals surface area contributed by atoms with Crippen LogP contribution in [0.4, 0.5) is 10.1 Å². The molecule has 0 heterocycles. The van der Waals surface area contributed by atoms with Crippen LogP contribution in [0.2, 0.25) is 0 Å². The van der Waals surface area contributed by atoms with Crippen molar-refractivity contribution in [3.05, 3.63) is 105 Å². The summed E-state index contributed by atoms with van der Waals surface area (Å²) in [6, 6.07) is 16.4. The SMILES string of the molecule is O=C(N/N=C/c1ccc(OC(=O)c2ccc([N+](=O)[O-])cc2)cc1)c1ccc(F)cc1. The molecule has 0 saturated heterocycles. The van der Waals surface area contributed by atoms with Crippen molar-refractivity contribution in [1.29, 1.82) is 0 Å². The van der Waals surface area contributed by atoms with Crippen molar-refractivity contribution in [2.24, 2.45) is 5.10 Å². The molecule has 0 bridgehead atoms. The first-order valence-electron chi connectivity index (χ1n) is 8.58. The van der Waals surface area contributed by atoms with Crippen molar-refractivity contribution in [2.75, 3.05) is 0 Å². The second kappa shape index (κ2) is 9.20. The summed E-state index contributed by atoms with van der Waals surface area (Å²) in [5, 5.41) is 14.5. The van der Waals surface area contributed by atoms with Crippen LogP contribution < -0.4 is 10.2 Å². The summed E-state index contributed by atoms with van der Waals surface area (Å²) in [7, 11) is 0. The molecule has 8 nitrogen and oxygen atoms in total. The molecule has 1 amide bonds. The highest BCUT2D eigenvalue weighted by Gasteiger charge is 2.11. The van der Waals surface area contributed by atoms with E-state index in [9.17, 15) is 24.1 Å². The van der Waals surface area contributed by atoms with Gasteiger partial charge in [-0.25, -0.2) is 14.6 Å². The first kappa shape index (κ1) is 20.3. The van der Waals surface area contributed by atoms with Crippen LogP contribution in [0.3, 0.4) is 0 Å². The zero-order chi connectivity index (χ0) is 21.5. The number of nitro benzene ring substituents is 1. The first-order valence-corrected chi connectivity index (χ1v) is 8.58. The maximum atomic E-state index is 12.9. The molecule has 1 N–H and O–H groups in total. The first-order chi connectivity index (χ1) is 14.4. The topological polar surface area (TPSA) is 111 Å². The molecule has 0 aromatic heterocycles. The lowest BCUT2D eigenvalue weighted by atomic mass is 10.2. The molecule has 3 aromatic rings. The van der Waals surface area contributed by atoms with Crippen LogP contribution in [0.1, 0.15) is 26.3 Å². The van der Waals surface area contributed by atoms with E-state index < -0.39 is 22.6 Å². The van der Waals surface area contributed by atoms with Gasteiger partial charge in [0.25, 0.3) is 11.6 Å². The molecule has 0 spiro atoms. The lowest BCUT2D eigenvalue weighted by Gasteiger charge is -2.04. The molecule has 0 aliphatic rings. The van der Waals surface area contributed by atoms with E-state index in [0.717, 1.165) is 0 Å². The second-order valence-corrected chi connectivity index (χ2v) is 5.97. The molecule has 0 saturated carbocycles. The molecule has 3 rings (SSSR count). The second-order valence-electron chi connectivity index (χ2n) is 5.97. The number of amides is 1. The van der Waals surface area contributed by atoms with Gasteiger partial charge in [-0.1, -0.05) is 0 Å². The Kier molecular flexibility index (Phi) is 6.23. The lowest BCUT2D eigenvalue weighted by Crippen LogP contribution is -2.17. The Hall–Kier alpha value is -4.40. The van der Waals surface area contributed by atoms with Crippen LogP contribution >= 0.6 is 0 Å². The van der Waals surface area contributed by atoms with E-state index in [1.165, 1.54) is 66.9 Å². The number of benzene rings is 3. The van der Waals surface area contributed by atoms with Gasteiger partial charge in [-0.15, -0.1) is 0 Å². The standard InChI is InChI=1S/C21H14FN3O5/c22-17-7-3-15(4-8-17)20(26)24-23-13-14-1-11-19(12-2-14)30-21(27)16-5-9-18(10-6-16)25(28)29/h1-13H,(H,24,26)/b23-13+. The molecule has 0 fully saturated rings. The number of hydrogen-bond donors (Lipinski definition) is 1. The van der Waals surface area contributed by atoms with E-state index in [1.54, 1.807) is 12.1 Å². The molecule has 0 aliphatic carbocycles. The van der Waals surface area contributed by atoms with E-state index in [1.807, 2.05) is 0 Å². The van der Waals surface area contributed by atoms with Gasteiger partial charge in [-0.2, -0.15) is 5.10 Å². The number of non-ortho nitro benzene ring substituents is 1. The summed E-state index contributed by atoms with van der Waals surface area (Å²) in [6.07, 6.45) is 1.39. The molecular formula is C21H14FN3O5. The number of rotatable bonds is 6. The molecule has 9 heteroatoms. The third-order valence-corrected chi connectivity index (χ3v) is 3.89. The zero-order valence-corrected chi connectivity index (χ0v) is 15.3. The predicted molar refractivity (Wildman–Crippen MR) is 106 cm³/mol. The molecule has 0 atom stereocenters. The number of nitrogens with one attached hydrogen (secondary N) is 1. The molecule has 0 aliphatic heterocycles. The average molecular weight is 407 g/mol. The largest absolute Gasteiger partial charge is 0.423 e. The zero-order valence-electron chi connectivity index (χ0n) is 15.3. The minimum atomic E-state index is -0.655. The Morgan fingerprint density at radius 2 is 1.53 bits per heavy atom. The van der Waals surface area contributed by atoms with E-state index in [0.29, 0.717) is 5.56 Å². The fourth-order valence-electron chi connectivity index (χ4n) is 2.34. The van der Waals surface area contributed by atoms with Gasteiger partial charge in [0.15, 0.2) is 0 Å². The van der Waals surface area contributed by atoms with Gasteiger partial charge >= 0.3 is 5.97 Å². The normalized spacial score (nSPS) is 10.6. The van der Waals surface area contributed by atoms with Gasteiger partial charge < -0.3 is 4.74 Å². The fourth-order valence-corrected chi connectivity index (χ4v) is 2.34. The number of carbonyl (C=O) groups is 2. The highest BCUT2D eigenvalue weighted by atomic mass is 19.1. The third-order valence-electron chi connectivity index (χ3n) is 3.89. The minimum absolute atomic E-state index is 0.123. The van der Waals surface area contributed by atoms with Crippen LogP contribution in [0.25, 0.3) is 0 Å². The number of nitrogens with zero attached hydrogens (tertiary/aromatic N) is 2. The summed E-state index contributed by atoms with van der Waals surface area (Å²) in [5.41, 5.74) is 3.27. The maximum absolute atomic E-state index is 12.9. The van der Waals surface area contributed by atoms with E-state index in [4.69, 9.17) is 4.74 Å². The Balaban J connectivity index is 1.55. The molecule has 3 aromatic carbocycles. The van der Waals surface area contributed by atoms with Gasteiger partial charge in [0, 0.05) is 17.7 Å². The Bertz CT molecular complexity index is 1090. The van der Waals surface area contributed by atoms with Gasteiger partial charge in [0.2, 0.25) is 0 Å². The number of halogens is 1. The Morgan fingerprint density at radius 1 is 0.933 bits per heavy atom. The molecule has 30 heavy (non-hydrogen) atoms. The van der Waals surface area contributed by atoms with Gasteiger partial charge in [0.05, 0.1) is 16.7 Å². The van der Waals surface area contributed by atoms with Crippen LogP contribution in [0.15, 0.2) is 77.9 Å². The lowest BCUT2D eigenvalue weighted by molar-refractivity contribution is -0.384. The molecular weight excluding hydrogens is 393 g/mol. The average Bonchev–Trinajstić information content (AvgIpc) is 2.75. The fraction of sp³-hybridized carbons (Fsp3) is 0. The van der Waals surface area contributed by atoms with Gasteiger partial charge in [0.1, 0.15) is 11.6 Å². The van der Waals surface area contributed by atoms with Crippen LogP contribution in [-0.2, 0) is 0 Å². The maximum Gasteiger partial charge on any atom is 0.343 e. The van der Waals surface area contributed by atoms with Crippen molar-refractivity contribution in [3.8, 4) is 5.75 Å². The molecule has 0 unspecified atom stereocenters. The number of nitro groups is 1. The smallest absolute Gasteiger partial charge is 0.343 e.